The molecule has 0 atom stereocenters. The minimum Gasteiger partial charge on any atom is -0.506 e. The Morgan fingerprint density at radius 2 is 1.94 bits per heavy atom. The first-order chi connectivity index (χ1) is 8.52. The molecule has 0 amide bonds. The van der Waals surface area contributed by atoms with Gasteiger partial charge in [-0.1, -0.05) is 0 Å². The van der Waals surface area contributed by atoms with Crippen LogP contribution in [0.25, 0.3) is 11.3 Å². The van der Waals surface area contributed by atoms with Crippen molar-refractivity contribution >= 4 is 0 Å². The minimum atomic E-state index is -0.792. The number of aromatic hydroxyl groups is 1. The number of rotatable bonds is 2. The zero-order chi connectivity index (χ0) is 13.3. The maximum atomic E-state index is 13.5. The van der Waals surface area contributed by atoms with Crippen LogP contribution in [0.4, 0.5) is 8.78 Å². The van der Waals surface area contributed by atoms with Crippen LogP contribution in [0.1, 0.15) is 5.69 Å². The smallest absolute Gasteiger partial charge is 0.168 e. The highest BCUT2D eigenvalue weighted by Crippen LogP contribution is 2.33. The second-order valence-electron chi connectivity index (χ2n) is 3.77. The standard InChI is InChI=1S/C13H11F2NO2/c1-7-12(17)4-3-11(16-7)9-5-8(14)6-10(15)13(9)18-2/h3-6,17H,1-2H3. The van der Waals surface area contributed by atoms with E-state index in [0.717, 1.165) is 12.1 Å². The van der Waals surface area contributed by atoms with Gasteiger partial charge in [-0.3, -0.25) is 0 Å². The van der Waals surface area contributed by atoms with Crippen LogP contribution in [0.2, 0.25) is 0 Å². The number of hydrogen-bond acceptors (Lipinski definition) is 3. The molecule has 0 radical (unpaired) electrons. The molecular formula is C13H11F2NO2. The highest BCUT2D eigenvalue weighted by atomic mass is 19.1. The van der Waals surface area contributed by atoms with E-state index in [2.05, 4.69) is 4.98 Å². The van der Waals surface area contributed by atoms with Crippen molar-refractivity contribution in [1.29, 1.82) is 0 Å². The lowest BCUT2D eigenvalue weighted by Crippen LogP contribution is -1.96. The summed E-state index contributed by atoms with van der Waals surface area (Å²) in [6.07, 6.45) is 0. The molecule has 3 nitrogen and oxygen atoms in total. The Morgan fingerprint density at radius 1 is 1.22 bits per heavy atom. The van der Waals surface area contributed by atoms with Crippen molar-refractivity contribution < 1.29 is 18.6 Å². The Kier molecular flexibility index (Phi) is 3.14. The van der Waals surface area contributed by atoms with E-state index >= 15 is 0 Å². The Hall–Kier alpha value is -2.17. The van der Waals surface area contributed by atoms with Crippen molar-refractivity contribution in [2.45, 2.75) is 6.92 Å². The summed E-state index contributed by atoms with van der Waals surface area (Å²) in [4.78, 5) is 4.07. The number of ether oxygens (including phenoxy) is 1. The molecule has 0 fully saturated rings. The summed E-state index contributed by atoms with van der Waals surface area (Å²) in [7, 11) is 1.30. The molecule has 0 saturated carbocycles. The van der Waals surface area contributed by atoms with E-state index in [9.17, 15) is 13.9 Å². The molecular weight excluding hydrogens is 240 g/mol. The van der Waals surface area contributed by atoms with E-state index in [-0.39, 0.29) is 17.1 Å². The first-order valence-electron chi connectivity index (χ1n) is 5.23. The van der Waals surface area contributed by atoms with Crippen LogP contribution in [0.5, 0.6) is 11.5 Å². The van der Waals surface area contributed by atoms with Gasteiger partial charge < -0.3 is 9.84 Å². The van der Waals surface area contributed by atoms with Gasteiger partial charge in [0.1, 0.15) is 11.6 Å². The molecule has 0 saturated heterocycles. The maximum absolute atomic E-state index is 13.5. The highest BCUT2D eigenvalue weighted by Gasteiger charge is 2.15. The summed E-state index contributed by atoms with van der Waals surface area (Å²) in [6, 6.07) is 4.77. The van der Waals surface area contributed by atoms with E-state index in [1.165, 1.54) is 19.2 Å². The maximum Gasteiger partial charge on any atom is 0.168 e. The van der Waals surface area contributed by atoms with Crippen molar-refractivity contribution in [2.75, 3.05) is 7.11 Å². The van der Waals surface area contributed by atoms with E-state index in [4.69, 9.17) is 4.74 Å². The Morgan fingerprint density at radius 3 is 2.56 bits per heavy atom. The number of aryl methyl sites for hydroxylation is 1. The van der Waals surface area contributed by atoms with E-state index < -0.39 is 11.6 Å². The summed E-state index contributed by atoms with van der Waals surface area (Å²) in [5.74, 6) is -1.56. The molecule has 5 heteroatoms. The molecule has 0 unspecified atom stereocenters. The molecule has 18 heavy (non-hydrogen) atoms. The lowest BCUT2D eigenvalue weighted by Gasteiger charge is -2.10. The van der Waals surface area contributed by atoms with Gasteiger partial charge in [-0.2, -0.15) is 0 Å². The third-order valence-electron chi connectivity index (χ3n) is 2.55. The van der Waals surface area contributed by atoms with Crippen molar-refractivity contribution in [1.82, 2.24) is 4.98 Å². The minimum absolute atomic E-state index is 0.0228. The molecule has 1 heterocycles. The third kappa shape index (κ3) is 2.11. The second-order valence-corrected chi connectivity index (χ2v) is 3.77. The van der Waals surface area contributed by atoms with Crippen LogP contribution in [0, 0.1) is 18.6 Å². The van der Waals surface area contributed by atoms with Gasteiger partial charge in [0.2, 0.25) is 0 Å². The van der Waals surface area contributed by atoms with Gasteiger partial charge >= 0.3 is 0 Å². The number of aromatic nitrogens is 1. The first-order valence-corrected chi connectivity index (χ1v) is 5.23. The van der Waals surface area contributed by atoms with Crippen LogP contribution >= 0.6 is 0 Å². The summed E-state index contributed by atoms with van der Waals surface area (Å²) in [6.45, 7) is 1.60. The van der Waals surface area contributed by atoms with Crippen LogP contribution in [0.15, 0.2) is 24.3 Å². The summed E-state index contributed by atoms with van der Waals surface area (Å²) in [5.41, 5.74) is 0.915. The quantitative estimate of drug-likeness (QED) is 0.892. The molecule has 0 bridgehead atoms. The average molecular weight is 251 g/mol. The lowest BCUT2D eigenvalue weighted by molar-refractivity contribution is 0.385. The molecule has 1 aromatic carbocycles. The molecule has 2 aromatic rings. The van der Waals surface area contributed by atoms with Crippen LogP contribution in [0.3, 0.4) is 0 Å². The highest BCUT2D eigenvalue weighted by molar-refractivity contribution is 5.68. The predicted octanol–water partition coefficient (Wildman–Crippen LogP) is 3.05. The van der Waals surface area contributed by atoms with Crippen molar-refractivity contribution in [3.63, 3.8) is 0 Å². The fraction of sp³-hybridized carbons (Fsp3) is 0.154. The van der Waals surface area contributed by atoms with Gasteiger partial charge in [0.25, 0.3) is 0 Å². The fourth-order valence-corrected chi connectivity index (χ4v) is 1.66. The molecule has 0 spiro atoms. The SMILES string of the molecule is COc1c(F)cc(F)cc1-c1ccc(O)c(C)n1. The largest absolute Gasteiger partial charge is 0.506 e. The summed E-state index contributed by atoms with van der Waals surface area (Å²) < 4.78 is 31.7. The van der Waals surface area contributed by atoms with Gasteiger partial charge in [-0.05, 0) is 25.1 Å². The van der Waals surface area contributed by atoms with Crippen molar-refractivity contribution in [3.8, 4) is 22.8 Å². The molecule has 1 aromatic heterocycles. The molecule has 0 aliphatic carbocycles. The van der Waals surface area contributed by atoms with Crippen LogP contribution in [-0.4, -0.2) is 17.2 Å². The zero-order valence-electron chi connectivity index (χ0n) is 9.87. The number of benzene rings is 1. The average Bonchev–Trinajstić information content (AvgIpc) is 2.32. The van der Waals surface area contributed by atoms with Gasteiger partial charge in [0.15, 0.2) is 11.6 Å². The van der Waals surface area contributed by atoms with Crippen molar-refractivity contribution in [2.24, 2.45) is 0 Å². The van der Waals surface area contributed by atoms with Crippen LogP contribution in [-0.2, 0) is 0 Å². The molecule has 0 aliphatic rings. The number of methoxy groups -OCH3 is 1. The first kappa shape index (κ1) is 12.3. The Bertz CT molecular complexity index is 600. The van der Waals surface area contributed by atoms with Gasteiger partial charge in [0.05, 0.1) is 18.5 Å². The van der Waals surface area contributed by atoms with E-state index in [1.807, 2.05) is 0 Å². The number of halogens is 2. The van der Waals surface area contributed by atoms with E-state index in [0.29, 0.717) is 11.4 Å². The number of hydrogen-bond donors (Lipinski definition) is 1. The summed E-state index contributed by atoms with van der Waals surface area (Å²) >= 11 is 0. The van der Waals surface area contributed by atoms with Gasteiger partial charge in [-0.25, -0.2) is 13.8 Å². The Balaban J connectivity index is 2.65. The van der Waals surface area contributed by atoms with Crippen LogP contribution < -0.4 is 4.74 Å². The fourth-order valence-electron chi connectivity index (χ4n) is 1.66. The Labute approximate surface area is 103 Å². The third-order valence-corrected chi connectivity index (χ3v) is 2.55. The molecule has 1 N–H and O–H groups in total. The topological polar surface area (TPSA) is 42.4 Å². The molecule has 94 valence electrons. The summed E-state index contributed by atoms with van der Waals surface area (Å²) in [5, 5.41) is 9.38. The zero-order valence-corrected chi connectivity index (χ0v) is 9.87. The van der Waals surface area contributed by atoms with Crippen molar-refractivity contribution in [3.05, 3.63) is 41.6 Å². The molecule has 0 aliphatic heterocycles. The normalized spacial score (nSPS) is 10.4. The lowest BCUT2D eigenvalue weighted by atomic mass is 10.1. The second kappa shape index (κ2) is 4.60. The molecule has 2 rings (SSSR count). The van der Waals surface area contributed by atoms with E-state index in [1.54, 1.807) is 6.92 Å². The van der Waals surface area contributed by atoms with Gasteiger partial charge in [-0.15, -0.1) is 0 Å². The van der Waals surface area contributed by atoms with Gasteiger partial charge in [0, 0.05) is 11.6 Å². The predicted molar refractivity (Wildman–Crippen MR) is 62.5 cm³/mol. The number of nitrogens with zero attached hydrogens (tertiary/aromatic N) is 1. The number of pyridine rings is 1. The monoisotopic (exact) mass is 251 g/mol.